The first-order valence-corrected chi connectivity index (χ1v) is 9.89. The molecular formula is C17H16Cl2N2O3S. The van der Waals surface area contributed by atoms with E-state index in [2.05, 4.69) is 4.72 Å². The van der Waals surface area contributed by atoms with Gasteiger partial charge < -0.3 is 4.90 Å². The van der Waals surface area contributed by atoms with Gasteiger partial charge >= 0.3 is 0 Å². The Bertz CT molecular complexity index is 941. The minimum Gasteiger partial charge on any atom is -0.339 e. The molecule has 0 aliphatic carbocycles. The number of sulfonamides is 1. The fourth-order valence-electron chi connectivity index (χ4n) is 2.41. The Morgan fingerprint density at radius 1 is 1.08 bits per heavy atom. The van der Waals surface area contributed by atoms with Crippen LogP contribution < -0.4 is 4.72 Å². The highest BCUT2D eigenvalue weighted by Crippen LogP contribution is 2.27. The van der Waals surface area contributed by atoms with E-state index in [1.807, 2.05) is 6.92 Å². The lowest BCUT2D eigenvalue weighted by molar-refractivity contribution is 0.0651. The van der Waals surface area contributed by atoms with Crippen LogP contribution in [0.25, 0.3) is 0 Å². The highest BCUT2D eigenvalue weighted by molar-refractivity contribution is 7.92. The number of nitrogens with zero attached hydrogens (tertiary/aromatic N) is 1. The van der Waals surface area contributed by atoms with E-state index < -0.39 is 10.0 Å². The van der Waals surface area contributed by atoms with Crippen LogP contribution in [-0.4, -0.2) is 32.3 Å². The number of aryl methyl sites for hydroxylation is 1. The van der Waals surface area contributed by atoms with E-state index in [0.717, 1.165) is 12.0 Å². The minimum absolute atomic E-state index is 0.0471. The van der Waals surface area contributed by atoms with Gasteiger partial charge in [-0.3, -0.25) is 9.52 Å². The summed E-state index contributed by atoms with van der Waals surface area (Å²) in [5, 5.41) is 0.499. The molecule has 1 N–H and O–H groups in total. The first kappa shape index (κ1) is 18.0. The zero-order valence-corrected chi connectivity index (χ0v) is 15.7. The van der Waals surface area contributed by atoms with Gasteiger partial charge in [0.2, 0.25) is 0 Å². The van der Waals surface area contributed by atoms with Gasteiger partial charge in [-0.15, -0.1) is 0 Å². The van der Waals surface area contributed by atoms with Crippen molar-refractivity contribution in [2.75, 3.05) is 17.8 Å². The van der Waals surface area contributed by atoms with Crippen LogP contribution >= 0.6 is 23.2 Å². The molecule has 5 nitrogen and oxygen atoms in total. The van der Waals surface area contributed by atoms with Crippen LogP contribution in [0.1, 0.15) is 22.3 Å². The van der Waals surface area contributed by atoms with Gasteiger partial charge in [0, 0.05) is 23.7 Å². The number of halogens is 2. The van der Waals surface area contributed by atoms with E-state index in [4.69, 9.17) is 23.2 Å². The van der Waals surface area contributed by atoms with E-state index >= 15 is 0 Å². The van der Waals surface area contributed by atoms with Crippen molar-refractivity contribution in [1.29, 1.82) is 0 Å². The van der Waals surface area contributed by atoms with E-state index in [9.17, 15) is 13.2 Å². The van der Waals surface area contributed by atoms with Crippen molar-refractivity contribution >= 4 is 44.8 Å². The number of hydrogen-bond donors (Lipinski definition) is 1. The predicted molar refractivity (Wildman–Crippen MR) is 99.0 cm³/mol. The molecule has 0 spiro atoms. The van der Waals surface area contributed by atoms with Crippen molar-refractivity contribution in [3.8, 4) is 0 Å². The summed E-state index contributed by atoms with van der Waals surface area (Å²) in [6, 6.07) is 9.11. The zero-order chi connectivity index (χ0) is 18.2. The molecular weight excluding hydrogens is 383 g/mol. The van der Waals surface area contributed by atoms with Gasteiger partial charge in [0.1, 0.15) is 4.90 Å². The molecule has 25 heavy (non-hydrogen) atoms. The number of benzene rings is 2. The van der Waals surface area contributed by atoms with Crippen molar-refractivity contribution in [3.05, 3.63) is 57.6 Å². The fourth-order valence-corrected chi connectivity index (χ4v) is 4.17. The van der Waals surface area contributed by atoms with E-state index in [1.54, 1.807) is 17.0 Å². The molecule has 0 radical (unpaired) electrons. The third-order valence-electron chi connectivity index (χ3n) is 4.03. The highest BCUT2D eigenvalue weighted by Gasteiger charge is 2.25. The zero-order valence-electron chi connectivity index (χ0n) is 13.4. The maximum atomic E-state index is 12.7. The second-order valence-electron chi connectivity index (χ2n) is 5.86. The predicted octanol–water partition coefficient (Wildman–Crippen LogP) is 3.95. The van der Waals surface area contributed by atoms with Gasteiger partial charge in [-0.2, -0.15) is 0 Å². The molecule has 2 aromatic carbocycles. The Morgan fingerprint density at radius 2 is 1.80 bits per heavy atom. The Hall–Kier alpha value is -1.76. The standard InChI is InChI=1S/C17H16Cl2N2O3S/c1-11-3-5-13(10-15(11)19)20-25(23,24)16-9-12(4-6-14(16)18)17(22)21-7-2-8-21/h3-6,9-10,20H,2,7-8H2,1H3. The summed E-state index contributed by atoms with van der Waals surface area (Å²) >= 11 is 12.1. The molecule has 1 amide bonds. The Balaban J connectivity index is 1.92. The van der Waals surface area contributed by atoms with Crippen LogP contribution in [0.15, 0.2) is 41.3 Å². The van der Waals surface area contributed by atoms with Gasteiger partial charge in [0.05, 0.1) is 10.7 Å². The van der Waals surface area contributed by atoms with Crippen LogP contribution in [0.4, 0.5) is 5.69 Å². The quantitative estimate of drug-likeness (QED) is 0.847. The third kappa shape index (κ3) is 3.76. The minimum atomic E-state index is -3.96. The molecule has 0 unspecified atom stereocenters. The largest absolute Gasteiger partial charge is 0.339 e. The number of carbonyl (C=O) groups excluding carboxylic acids is 1. The molecule has 1 fully saturated rings. The maximum Gasteiger partial charge on any atom is 0.263 e. The molecule has 132 valence electrons. The Kier molecular flexibility index (Phi) is 4.95. The van der Waals surface area contributed by atoms with Crippen molar-refractivity contribution < 1.29 is 13.2 Å². The second-order valence-corrected chi connectivity index (χ2v) is 8.33. The lowest BCUT2D eigenvalue weighted by Gasteiger charge is -2.31. The number of anilines is 1. The number of hydrogen-bond acceptors (Lipinski definition) is 3. The molecule has 1 aliphatic heterocycles. The number of rotatable bonds is 4. The van der Waals surface area contributed by atoms with Gasteiger partial charge in [-0.25, -0.2) is 8.42 Å². The van der Waals surface area contributed by atoms with Gasteiger partial charge in [-0.1, -0.05) is 29.3 Å². The van der Waals surface area contributed by atoms with Crippen molar-refractivity contribution in [2.45, 2.75) is 18.2 Å². The Morgan fingerprint density at radius 3 is 2.40 bits per heavy atom. The number of nitrogens with one attached hydrogen (secondary N) is 1. The summed E-state index contributed by atoms with van der Waals surface area (Å²) in [6.07, 6.45) is 0.959. The lowest BCUT2D eigenvalue weighted by atomic mass is 10.1. The summed E-state index contributed by atoms with van der Waals surface area (Å²) < 4.78 is 27.8. The third-order valence-corrected chi connectivity index (χ3v) is 6.31. The van der Waals surface area contributed by atoms with Crippen molar-refractivity contribution in [1.82, 2.24) is 4.90 Å². The van der Waals surface area contributed by atoms with Crippen LogP contribution in [0, 0.1) is 6.92 Å². The number of carbonyl (C=O) groups is 1. The van der Waals surface area contributed by atoms with Gasteiger partial charge in [-0.05, 0) is 49.2 Å². The molecule has 0 bridgehead atoms. The monoisotopic (exact) mass is 398 g/mol. The van der Waals surface area contributed by atoms with Crippen molar-refractivity contribution in [2.24, 2.45) is 0 Å². The molecule has 1 heterocycles. The molecule has 2 aromatic rings. The SMILES string of the molecule is Cc1ccc(NS(=O)(=O)c2cc(C(=O)N3CCC3)ccc2Cl)cc1Cl. The number of likely N-dealkylation sites (tertiary alicyclic amines) is 1. The number of amides is 1. The lowest BCUT2D eigenvalue weighted by Crippen LogP contribution is -2.42. The molecule has 1 aliphatic rings. The van der Waals surface area contributed by atoms with Crippen molar-refractivity contribution in [3.63, 3.8) is 0 Å². The summed E-state index contributed by atoms with van der Waals surface area (Å²) in [6.45, 7) is 3.19. The Labute approximate surface area is 156 Å². The second kappa shape index (κ2) is 6.86. The summed E-state index contributed by atoms with van der Waals surface area (Å²) in [5.41, 5.74) is 1.46. The van der Waals surface area contributed by atoms with Crippen LogP contribution in [0.2, 0.25) is 10.0 Å². The molecule has 3 rings (SSSR count). The molecule has 0 aromatic heterocycles. The fraction of sp³-hybridized carbons (Fsp3) is 0.235. The normalized spacial score (nSPS) is 14.1. The average molecular weight is 399 g/mol. The molecule has 1 saturated heterocycles. The van der Waals surface area contributed by atoms with E-state index in [1.165, 1.54) is 24.3 Å². The van der Waals surface area contributed by atoms with Crippen LogP contribution in [0.5, 0.6) is 0 Å². The summed E-state index contributed by atoms with van der Waals surface area (Å²) in [4.78, 5) is 13.8. The van der Waals surface area contributed by atoms with Gasteiger partial charge in [0.25, 0.3) is 15.9 Å². The first-order valence-electron chi connectivity index (χ1n) is 7.66. The smallest absolute Gasteiger partial charge is 0.263 e. The molecule has 0 atom stereocenters. The highest BCUT2D eigenvalue weighted by atomic mass is 35.5. The van der Waals surface area contributed by atoms with Gasteiger partial charge in [0.15, 0.2) is 0 Å². The van der Waals surface area contributed by atoms with E-state index in [0.29, 0.717) is 29.4 Å². The average Bonchev–Trinajstić information content (AvgIpc) is 2.49. The van der Waals surface area contributed by atoms with Crippen LogP contribution in [0.3, 0.4) is 0 Å². The first-order chi connectivity index (χ1) is 11.8. The molecule has 0 saturated carbocycles. The maximum absolute atomic E-state index is 12.7. The molecule has 8 heteroatoms. The van der Waals surface area contributed by atoms with E-state index in [-0.39, 0.29) is 15.8 Å². The topological polar surface area (TPSA) is 66.5 Å². The van der Waals surface area contributed by atoms with Crippen LogP contribution in [-0.2, 0) is 10.0 Å². The summed E-state index contributed by atoms with van der Waals surface area (Å²) in [7, 11) is -3.96. The summed E-state index contributed by atoms with van der Waals surface area (Å²) in [5.74, 6) is -0.197.